The maximum atomic E-state index is 13.4. The Morgan fingerprint density at radius 3 is 2.41 bits per heavy atom. The van der Waals surface area contributed by atoms with Crippen LogP contribution in [0.3, 0.4) is 0 Å². The van der Waals surface area contributed by atoms with Gasteiger partial charge < -0.3 is 4.57 Å². The first-order chi connectivity index (χ1) is 18.0. The molecule has 2 heterocycles. The summed E-state index contributed by atoms with van der Waals surface area (Å²) in [4.78, 5) is 31.2. The molecule has 7 nitrogen and oxygen atoms in total. The minimum Gasteiger partial charge on any atom is -0.340 e. The fourth-order valence-electron chi connectivity index (χ4n) is 4.51. The number of hydrogen-bond donors (Lipinski definition) is 0. The van der Waals surface area contributed by atoms with Gasteiger partial charge in [-0.1, -0.05) is 55.5 Å². The molecular formula is C29H26N4O3S. The van der Waals surface area contributed by atoms with Gasteiger partial charge in [-0.05, 0) is 54.9 Å². The lowest BCUT2D eigenvalue weighted by Crippen LogP contribution is -2.29. The monoisotopic (exact) mass is 510 g/mol. The zero-order chi connectivity index (χ0) is 25.9. The van der Waals surface area contributed by atoms with Gasteiger partial charge in [-0.3, -0.25) is 19.8 Å². The third-order valence-corrected chi connectivity index (χ3v) is 7.37. The molecule has 0 saturated carbocycles. The lowest BCUT2D eigenvalue weighted by molar-refractivity contribution is -0.384. The molecule has 4 aromatic rings. The van der Waals surface area contributed by atoms with E-state index in [-0.39, 0.29) is 11.6 Å². The average molecular weight is 511 g/mol. The van der Waals surface area contributed by atoms with Crippen LogP contribution in [0.4, 0.5) is 11.4 Å². The summed E-state index contributed by atoms with van der Waals surface area (Å²) in [5.74, 6) is -0.0341. The minimum atomic E-state index is -0.391. The molecule has 0 unspecified atom stereocenters. The van der Waals surface area contributed by atoms with Crippen molar-refractivity contribution in [1.82, 2.24) is 9.47 Å². The molecule has 1 aliphatic heterocycles. The zero-order valence-corrected chi connectivity index (χ0v) is 21.4. The van der Waals surface area contributed by atoms with E-state index in [1.54, 1.807) is 17.0 Å². The lowest BCUT2D eigenvalue weighted by atomic mass is 10.1. The number of amidine groups is 1. The van der Waals surface area contributed by atoms with E-state index in [0.717, 1.165) is 39.8 Å². The van der Waals surface area contributed by atoms with Crippen LogP contribution in [-0.4, -0.2) is 32.0 Å². The molecule has 1 fully saturated rings. The van der Waals surface area contributed by atoms with Crippen LogP contribution in [0.5, 0.6) is 0 Å². The van der Waals surface area contributed by atoms with Gasteiger partial charge in [0.25, 0.3) is 11.6 Å². The Bertz CT molecular complexity index is 1540. The third-order valence-electron chi connectivity index (χ3n) is 6.36. The van der Waals surface area contributed by atoms with E-state index in [0.29, 0.717) is 23.2 Å². The molecule has 0 radical (unpaired) electrons. The Balaban J connectivity index is 1.54. The second kappa shape index (κ2) is 10.4. The van der Waals surface area contributed by atoms with Crippen LogP contribution in [0.2, 0.25) is 0 Å². The first kappa shape index (κ1) is 24.5. The van der Waals surface area contributed by atoms with Crippen LogP contribution < -0.4 is 0 Å². The molecule has 3 aromatic carbocycles. The predicted molar refractivity (Wildman–Crippen MR) is 150 cm³/mol. The van der Waals surface area contributed by atoms with Crippen LogP contribution in [0.1, 0.15) is 30.2 Å². The fourth-order valence-corrected chi connectivity index (χ4v) is 5.51. The molecule has 37 heavy (non-hydrogen) atoms. The Hall–Kier alpha value is -4.17. The van der Waals surface area contributed by atoms with Gasteiger partial charge in [-0.2, -0.15) is 0 Å². The highest BCUT2D eigenvalue weighted by Gasteiger charge is 2.33. The van der Waals surface area contributed by atoms with Gasteiger partial charge in [0.15, 0.2) is 5.17 Å². The number of aliphatic imine (C=N–C) groups is 1. The average Bonchev–Trinajstić information content (AvgIpc) is 3.34. The van der Waals surface area contributed by atoms with Crippen LogP contribution in [0, 0.1) is 17.0 Å². The Morgan fingerprint density at radius 2 is 1.70 bits per heavy atom. The molecule has 0 atom stereocenters. The Labute approximate surface area is 219 Å². The van der Waals surface area contributed by atoms with E-state index in [1.807, 2.05) is 55.5 Å². The molecule has 1 amide bonds. The van der Waals surface area contributed by atoms with E-state index in [9.17, 15) is 14.9 Å². The topological polar surface area (TPSA) is 80.7 Å². The Kier molecular flexibility index (Phi) is 6.92. The highest BCUT2D eigenvalue weighted by atomic mass is 32.2. The number of nitrogens with zero attached hydrogens (tertiary/aromatic N) is 4. The van der Waals surface area contributed by atoms with Gasteiger partial charge in [0, 0.05) is 47.4 Å². The first-order valence-corrected chi connectivity index (χ1v) is 12.9. The maximum absolute atomic E-state index is 13.4. The number of carbonyl (C=O) groups is 1. The van der Waals surface area contributed by atoms with Crippen LogP contribution in [0.25, 0.3) is 17.0 Å². The quantitative estimate of drug-likeness (QED) is 0.154. The molecule has 5 rings (SSSR count). The number of rotatable bonds is 7. The number of fused-ring (bicyclic) bond motifs is 1. The minimum absolute atomic E-state index is 0.0341. The standard InChI is InChI=1S/C29H26N4O3S/c1-3-17-31-28(34)27(37-29(31)30-22-9-5-4-6-10-22)18-25-20(2)32(26-12-8-7-11-24(25)26)19-21-13-15-23(16-14-21)33(35)36/h4-16,18H,3,17,19H2,1-2H3/b27-18+,30-29?. The second-order valence-corrected chi connectivity index (χ2v) is 9.83. The van der Waals surface area contributed by atoms with Crippen molar-refractivity contribution in [3.63, 3.8) is 0 Å². The molecule has 0 bridgehead atoms. The summed E-state index contributed by atoms with van der Waals surface area (Å²) in [6.45, 7) is 5.27. The van der Waals surface area contributed by atoms with Crippen LogP contribution in [0.15, 0.2) is 88.8 Å². The van der Waals surface area contributed by atoms with Crippen molar-refractivity contribution in [3.05, 3.63) is 111 Å². The SMILES string of the molecule is CCCN1C(=O)/C(=C\c2c(C)n(Cc3ccc([N+](=O)[O-])cc3)c3ccccc23)SC1=Nc1ccccc1. The van der Waals surface area contributed by atoms with Crippen molar-refractivity contribution >= 4 is 51.2 Å². The van der Waals surface area contributed by atoms with Crippen molar-refractivity contribution < 1.29 is 9.72 Å². The van der Waals surface area contributed by atoms with Crippen molar-refractivity contribution in [3.8, 4) is 0 Å². The number of aromatic nitrogens is 1. The molecule has 0 aliphatic carbocycles. The Morgan fingerprint density at radius 1 is 1.00 bits per heavy atom. The smallest absolute Gasteiger partial charge is 0.269 e. The van der Waals surface area contributed by atoms with E-state index in [1.165, 1.54) is 23.9 Å². The van der Waals surface area contributed by atoms with E-state index in [2.05, 4.69) is 23.6 Å². The maximum Gasteiger partial charge on any atom is 0.269 e. The molecule has 1 saturated heterocycles. The van der Waals surface area contributed by atoms with E-state index >= 15 is 0 Å². The van der Waals surface area contributed by atoms with Crippen LogP contribution in [-0.2, 0) is 11.3 Å². The number of non-ortho nitro benzene ring substituents is 1. The summed E-state index contributed by atoms with van der Waals surface area (Å²) in [6.07, 6.45) is 2.81. The summed E-state index contributed by atoms with van der Waals surface area (Å²) in [5, 5.41) is 12.8. The van der Waals surface area contributed by atoms with Crippen LogP contribution >= 0.6 is 11.8 Å². The summed E-state index contributed by atoms with van der Waals surface area (Å²) in [6, 6.07) is 24.4. The molecule has 1 aliphatic rings. The summed E-state index contributed by atoms with van der Waals surface area (Å²) in [5.41, 5.74) is 4.91. The highest BCUT2D eigenvalue weighted by molar-refractivity contribution is 8.18. The third kappa shape index (κ3) is 4.93. The van der Waals surface area contributed by atoms with Gasteiger partial charge in [-0.25, -0.2) is 4.99 Å². The summed E-state index contributed by atoms with van der Waals surface area (Å²) < 4.78 is 2.19. The number of thioether (sulfide) groups is 1. The van der Waals surface area contributed by atoms with E-state index in [4.69, 9.17) is 4.99 Å². The number of para-hydroxylation sites is 2. The number of carbonyl (C=O) groups excluding carboxylic acids is 1. The van der Waals surface area contributed by atoms with Crippen molar-refractivity contribution in [1.29, 1.82) is 0 Å². The first-order valence-electron chi connectivity index (χ1n) is 12.1. The number of nitro benzene ring substituents is 1. The summed E-state index contributed by atoms with van der Waals surface area (Å²) in [7, 11) is 0. The van der Waals surface area contributed by atoms with E-state index < -0.39 is 4.92 Å². The summed E-state index contributed by atoms with van der Waals surface area (Å²) >= 11 is 1.41. The number of nitro groups is 1. The van der Waals surface area contributed by atoms with Crippen molar-refractivity contribution in [2.75, 3.05) is 6.54 Å². The molecule has 1 aromatic heterocycles. The normalized spacial score (nSPS) is 15.8. The van der Waals surface area contributed by atoms with Gasteiger partial charge in [0.05, 0.1) is 15.5 Å². The lowest BCUT2D eigenvalue weighted by Gasteiger charge is -2.13. The largest absolute Gasteiger partial charge is 0.340 e. The molecular weight excluding hydrogens is 484 g/mol. The predicted octanol–water partition coefficient (Wildman–Crippen LogP) is 6.92. The van der Waals surface area contributed by atoms with Crippen molar-refractivity contribution in [2.24, 2.45) is 4.99 Å². The zero-order valence-electron chi connectivity index (χ0n) is 20.6. The highest BCUT2D eigenvalue weighted by Crippen LogP contribution is 2.37. The fraction of sp³-hybridized carbons (Fsp3) is 0.172. The molecule has 0 N–H and O–H groups in total. The number of amides is 1. The van der Waals surface area contributed by atoms with Gasteiger partial charge in [0.1, 0.15) is 0 Å². The van der Waals surface area contributed by atoms with Gasteiger partial charge in [0.2, 0.25) is 0 Å². The second-order valence-electron chi connectivity index (χ2n) is 8.82. The van der Waals surface area contributed by atoms with Gasteiger partial charge >= 0.3 is 0 Å². The molecule has 8 heteroatoms. The molecule has 186 valence electrons. The number of hydrogen-bond acceptors (Lipinski definition) is 5. The molecule has 0 spiro atoms. The van der Waals surface area contributed by atoms with Crippen molar-refractivity contribution in [2.45, 2.75) is 26.8 Å². The van der Waals surface area contributed by atoms with Gasteiger partial charge in [-0.15, -0.1) is 0 Å². The number of benzene rings is 3.